The minimum Gasteiger partial charge on any atom is -0.347 e. The first-order valence-electron chi connectivity index (χ1n) is 2.71. The van der Waals surface area contributed by atoms with Gasteiger partial charge in [-0.15, -0.1) is 0 Å². The zero-order chi connectivity index (χ0) is 7.02. The summed E-state index contributed by atoms with van der Waals surface area (Å²) >= 11 is 0. The van der Waals surface area contributed by atoms with E-state index in [2.05, 4.69) is 5.32 Å². The van der Waals surface area contributed by atoms with Crippen molar-refractivity contribution in [2.45, 2.75) is 19.4 Å². The van der Waals surface area contributed by atoms with Gasteiger partial charge in [0.2, 0.25) is 5.91 Å². The molecule has 9 heavy (non-hydrogen) atoms. The Bertz CT molecular complexity index is 137. The first-order valence-corrected chi connectivity index (χ1v) is 2.71. The van der Waals surface area contributed by atoms with Gasteiger partial charge >= 0.3 is 0 Å². The first-order chi connectivity index (χ1) is 4.13. The van der Waals surface area contributed by atoms with Crippen LogP contribution in [0.4, 0.5) is 8.78 Å². The molecule has 52 valence electrons. The number of β-lactam (4-membered cyclic amide) rings is 1. The van der Waals surface area contributed by atoms with E-state index in [0.717, 1.165) is 0 Å². The molecule has 1 aliphatic heterocycles. The number of hydrogen-bond donors (Lipinski definition) is 1. The molecule has 2 nitrogen and oxygen atoms in total. The molecule has 0 saturated carbocycles. The topological polar surface area (TPSA) is 29.1 Å². The Morgan fingerprint density at radius 3 is 2.33 bits per heavy atom. The quantitative estimate of drug-likeness (QED) is 0.517. The van der Waals surface area contributed by atoms with E-state index in [1.54, 1.807) is 0 Å². The molecular weight excluding hydrogens is 128 g/mol. The van der Waals surface area contributed by atoms with Crippen molar-refractivity contribution in [3.63, 3.8) is 0 Å². The van der Waals surface area contributed by atoms with Crippen molar-refractivity contribution in [3.05, 3.63) is 0 Å². The van der Waals surface area contributed by atoms with E-state index in [4.69, 9.17) is 0 Å². The molecule has 0 spiro atoms. The summed E-state index contributed by atoms with van der Waals surface area (Å²) in [5, 5.41) is 2.10. The predicted octanol–water partition coefficient (Wildman–Crippen LogP) is 0.386. The predicted molar refractivity (Wildman–Crippen MR) is 27.1 cm³/mol. The maximum Gasteiger partial charge on any atom is 0.259 e. The molecule has 0 aliphatic carbocycles. The van der Waals surface area contributed by atoms with Gasteiger partial charge in [0.05, 0.1) is 5.92 Å². The Labute approximate surface area is 51.2 Å². The zero-order valence-corrected chi connectivity index (χ0v) is 4.90. The first kappa shape index (κ1) is 6.45. The third kappa shape index (κ3) is 0.886. The normalized spacial score (nSPS) is 34.0. The van der Waals surface area contributed by atoms with Crippen molar-refractivity contribution in [3.8, 4) is 0 Å². The highest BCUT2D eigenvalue weighted by molar-refractivity contribution is 5.85. The van der Waals surface area contributed by atoms with E-state index >= 15 is 0 Å². The van der Waals surface area contributed by atoms with Gasteiger partial charge in [-0.1, -0.05) is 6.92 Å². The molecule has 0 aromatic rings. The summed E-state index contributed by atoms with van der Waals surface area (Å²) in [6.45, 7) is 1.50. The van der Waals surface area contributed by atoms with Crippen LogP contribution < -0.4 is 5.32 Å². The summed E-state index contributed by atoms with van der Waals surface area (Å²) < 4.78 is 23.4. The van der Waals surface area contributed by atoms with E-state index < -0.39 is 18.4 Å². The molecule has 1 amide bonds. The lowest BCUT2D eigenvalue weighted by molar-refractivity contribution is -0.139. The van der Waals surface area contributed by atoms with Crippen molar-refractivity contribution in [2.24, 2.45) is 5.92 Å². The minimum absolute atomic E-state index is 0.278. The SMILES string of the molecule is C[C@@H]1C(=O)N[C@H]1C(F)F. The molecule has 0 unspecified atom stereocenters. The Hall–Kier alpha value is -0.670. The number of rotatable bonds is 1. The third-order valence-electron chi connectivity index (χ3n) is 1.53. The molecule has 0 radical (unpaired) electrons. The summed E-state index contributed by atoms with van der Waals surface area (Å²) in [5.41, 5.74) is 0. The molecule has 1 fully saturated rings. The lowest BCUT2D eigenvalue weighted by Crippen LogP contribution is -2.60. The van der Waals surface area contributed by atoms with Gasteiger partial charge in [0.1, 0.15) is 6.04 Å². The van der Waals surface area contributed by atoms with E-state index in [-0.39, 0.29) is 5.91 Å². The number of nitrogens with one attached hydrogen (secondary N) is 1. The van der Waals surface area contributed by atoms with Crippen LogP contribution in [0.3, 0.4) is 0 Å². The largest absolute Gasteiger partial charge is 0.347 e. The van der Waals surface area contributed by atoms with Gasteiger partial charge < -0.3 is 5.32 Å². The van der Waals surface area contributed by atoms with E-state index in [0.29, 0.717) is 0 Å². The molecule has 0 aromatic heterocycles. The molecule has 1 saturated heterocycles. The lowest BCUT2D eigenvalue weighted by Gasteiger charge is -2.33. The number of halogens is 2. The van der Waals surface area contributed by atoms with Crippen LogP contribution >= 0.6 is 0 Å². The van der Waals surface area contributed by atoms with Crippen LogP contribution in [0.2, 0.25) is 0 Å². The molecule has 1 aliphatic rings. The van der Waals surface area contributed by atoms with Crippen molar-refractivity contribution < 1.29 is 13.6 Å². The Morgan fingerprint density at radius 2 is 2.22 bits per heavy atom. The third-order valence-corrected chi connectivity index (χ3v) is 1.53. The molecular formula is C5H7F2NO. The van der Waals surface area contributed by atoms with Crippen molar-refractivity contribution in [1.29, 1.82) is 0 Å². The molecule has 1 heterocycles. The van der Waals surface area contributed by atoms with Gasteiger partial charge in [0.25, 0.3) is 6.43 Å². The van der Waals surface area contributed by atoms with Crippen LogP contribution in [0.15, 0.2) is 0 Å². The van der Waals surface area contributed by atoms with Crippen molar-refractivity contribution in [1.82, 2.24) is 5.32 Å². The summed E-state index contributed by atoms with van der Waals surface area (Å²) in [4.78, 5) is 10.3. The Kier molecular flexibility index (Phi) is 1.38. The average Bonchev–Trinajstić information content (AvgIpc) is 1.81. The second-order valence-electron chi connectivity index (χ2n) is 2.16. The Morgan fingerprint density at radius 1 is 1.67 bits per heavy atom. The van der Waals surface area contributed by atoms with Gasteiger partial charge in [-0.25, -0.2) is 8.78 Å². The number of alkyl halides is 2. The summed E-state index contributed by atoms with van der Waals surface area (Å²) in [6.07, 6.45) is -2.42. The monoisotopic (exact) mass is 135 g/mol. The molecule has 4 heteroatoms. The summed E-state index contributed by atoms with van der Waals surface area (Å²) in [7, 11) is 0. The lowest BCUT2D eigenvalue weighted by atomic mass is 9.93. The molecule has 0 bridgehead atoms. The van der Waals surface area contributed by atoms with E-state index in [9.17, 15) is 13.6 Å². The van der Waals surface area contributed by atoms with Gasteiger partial charge in [-0.05, 0) is 0 Å². The maximum absolute atomic E-state index is 11.7. The van der Waals surface area contributed by atoms with E-state index in [1.165, 1.54) is 6.92 Å². The fourth-order valence-electron chi connectivity index (χ4n) is 0.769. The minimum atomic E-state index is -2.42. The van der Waals surface area contributed by atoms with Gasteiger partial charge in [-0.3, -0.25) is 4.79 Å². The van der Waals surface area contributed by atoms with Crippen LogP contribution in [0.1, 0.15) is 6.92 Å². The number of hydrogen-bond acceptors (Lipinski definition) is 1. The highest BCUT2D eigenvalue weighted by Crippen LogP contribution is 2.19. The molecule has 0 aromatic carbocycles. The second-order valence-corrected chi connectivity index (χ2v) is 2.16. The second kappa shape index (κ2) is 1.93. The fraction of sp³-hybridized carbons (Fsp3) is 0.800. The molecule has 2 atom stereocenters. The zero-order valence-electron chi connectivity index (χ0n) is 4.90. The molecule has 1 N–H and O–H groups in total. The van der Waals surface area contributed by atoms with Crippen LogP contribution in [0, 0.1) is 5.92 Å². The van der Waals surface area contributed by atoms with Crippen LogP contribution in [0.5, 0.6) is 0 Å². The van der Waals surface area contributed by atoms with Gasteiger partial charge in [-0.2, -0.15) is 0 Å². The van der Waals surface area contributed by atoms with Crippen LogP contribution in [-0.2, 0) is 4.79 Å². The number of carbonyl (C=O) groups is 1. The highest BCUT2D eigenvalue weighted by atomic mass is 19.3. The van der Waals surface area contributed by atoms with Crippen molar-refractivity contribution in [2.75, 3.05) is 0 Å². The highest BCUT2D eigenvalue weighted by Gasteiger charge is 2.41. The van der Waals surface area contributed by atoms with E-state index in [1.807, 2.05) is 0 Å². The van der Waals surface area contributed by atoms with Crippen molar-refractivity contribution >= 4 is 5.91 Å². The Balaban J connectivity index is 2.42. The summed E-state index contributed by atoms with van der Waals surface area (Å²) in [6, 6.07) is -0.905. The standard InChI is InChI=1S/C5H7F2NO/c1-2-3(4(6)7)8-5(2)9/h2-4H,1H3,(H,8,9)/t2-,3+/m0/s1. The average molecular weight is 135 g/mol. The fourth-order valence-corrected chi connectivity index (χ4v) is 0.769. The molecule has 1 rings (SSSR count). The summed E-state index contributed by atoms with van der Waals surface area (Å²) in [5.74, 6) is -0.787. The van der Waals surface area contributed by atoms with Crippen LogP contribution in [-0.4, -0.2) is 18.4 Å². The maximum atomic E-state index is 11.7. The van der Waals surface area contributed by atoms with Gasteiger partial charge in [0, 0.05) is 0 Å². The number of amides is 1. The van der Waals surface area contributed by atoms with Crippen LogP contribution in [0.25, 0.3) is 0 Å². The smallest absolute Gasteiger partial charge is 0.259 e. The number of carbonyl (C=O) groups excluding carboxylic acids is 1. The van der Waals surface area contributed by atoms with Gasteiger partial charge in [0.15, 0.2) is 0 Å².